The van der Waals surface area contributed by atoms with Crippen LogP contribution in [0.15, 0.2) is 19.0 Å². The molecule has 0 aliphatic rings. The summed E-state index contributed by atoms with van der Waals surface area (Å²) >= 11 is 2.92. The summed E-state index contributed by atoms with van der Waals surface area (Å²) in [5.74, 6) is 0. The number of nitrogens with zero attached hydrogens (tertiary/aromatic N) is 2. The first-order valence-corrected chi connectivity index (χ1v) is 3.47. The molecule has 0 aliphatic carbocycles. The molecule has 1 aromatic rings. The van der Waals surface area contributed by atoms with E-state index in [4.69, 9.17) is 0 Å². The van der Waals surface area contributed by atoms with Crippen molar-refractivity contribution in [1.29, 1.82) is 0 Å². The van der Waals surface area contributed by atoms with Crippen LogP contribution in [0.3, 0.4) is 0 Å². The zero-order chi connectivity index (χ0) is 6.85. The number of hydrogen-bond donors (Lipinski definition) is 0. The molecule has 0 aromatic carbocycles. The second kappa shape index (κ2) is 2.38. The topological polar surface area (TPSA) is 9.86 Å². The van der Waals surface area contributed by atoms with Gasteiger partial charge in [-0.3, -0.25) is 0 Å². The van der Waals surface area contributed by atoms with E-state index in [1.165, 1.54) is 0 Å². The Bertz CT molecular complexity index is 269. The van der Waals surface area contributed by atoms with Gasteiger partial charge in [-0.25, -0.2) is 0 Å². The van der Waals surface area contributed by atoms with Crippen molar-refractivity contribution in [2.24, 2.45) is 7.05 Å². The Morgan fingerprint density at radius 3 is 2.56 bits per heavy atom. The molecule has 1 rings (SSSR count). The third-order valence-corrected chi connectivity index (χ3v) is 2.22. The van der Waals surface area contributed by atoms with Gasteiger partial charge in [0.1, 0.15) is 0 Å². The van der Waals surface area contributed by atoms with Gasteiger partial charge in [-0.15, -0.1) is 0 Å². The quantitative estimate of drug-likeness (QED) is 0.570. The van der Waals surface area contributed by atoms with Gasteiger partial charge in [0.25, 0.3) is 0 Å². The fraction of sp³-hybridized carbons (Fsp3) is 0.167. The Kier molecular flexibility index (Phi) is 1.74. The van der Waals surface area contributed by atoms with Crippen LogP contribution in [0, 0.1) is 4.32 Å². The molecule has 1 aromatic heterocycles. The second-order valence-electron chi connectivity index (χ2n) is 1.78. The summed E-state index contributed by atoms with van der Waals surface area (Å²) in [5, 5.41) is 0. The Morgan fingerprint density at radius 1 is 1.67 bits per heavy atom. The minimum atomic E-state index is 1.06. The summed E-state index contributed by atoms with van der Waals surface area (Å²) in [7, 11) is 1.98. The molecule has 2 nitrogen and oxygen atoms in total. The van der Waals surface area contributed by atoms with E-state index in [0.717, 1.165) is 4.32 Å². The molecule has 0 spiro atoms. The number of imidazole rings is 1. The van der Waals surface area contributed by atoms with Crippen LogP contribution in [0.1, 0.15) is 0 Å². The molecule has 0 aliphatic heterocycles. The number of aryl methyl sites for hydroxylation is 1. The number of rotatable bonds is 1. The zero-order valence-corrected chi connectivity index (χ0v) is 6.95. The zero-order valence-electron chi connectivity index (χ0n) is 5.24. The Labute approximate surface area is 61.8 Å². The molecule has 9 heavy (non-hydrogen) atoms. The van der Waals surface area contributed by atoms with Crippen molar-refractivity contribution >= 4 is 21.8 Å². The van der Waals surface area contributed by atoms with Crippen molar-refractivity contribution in [3.05, 3.63) is 23.3 Å². The summed E-state index contributed by atoms with van der Waals surface area (Å²) in [5.41, 5.74) is 0. The van der Waals surface area contributed by atoms with Crippen LogP contribution in [-0.4, -0.2) is 24.7 Å². The third-order valence-electron chi connectivity index (χ3n) is 1.17. The van der Waals surface area contributed by atoms with Crippen molar-refractivity contribution in [2.45, 2.75) is 0 Å². The standard InChI is InChI=1S/C6H8N2Se/c1-3-8-5-4-7(2)6(8)9/h3-5H,1H2,2H3. The molecule has 0 unspecified atom stereocenters. The van der Waals surface area contributed by atoms with Gasteiger partial charge in [0.2, 0.25) is 0 Å². The van der Waals surface area contributed by atoms with E-state index < -0.39 is 0 Å². The van der Waals surface area contributed by atoms with Crippen LogP contribution >= 0.6 is 0 Å². The average Bonchev–Trinajstić information content (AvgIpc) is 2.15. The van der Waals surface area contributed by atoms with Gasteiger partial charge in [0.15, 0.2) is 0 Å². The van der Waals surface area contributed by atoms with E-state index in [1.54, 1.807) is 6.20 Å². The average molecular weight is 187 g/mol. The summed E-state index contributed by atoms with van der Waals surface area (Å²) in [6.07, 6.45) is 5.66. The molecule has 0 fully saturated rings. The summed E-state index contributed by atoms with van der Waals surface area (Å²) in [4.78, 5) is 0. The van der Waals surface area contributed by atoms with Crippen LogP contribution in [0.4, 0.5) is 0 Å². The van der Waals surface area contributed by atoms with Crippen LogP contribution in [0.5, 0.6) is 0 Å². The fourth-order valence-electron chi connectivity index (χ4n) is 0.620. The van der Waals surface area contributed by atoms with E-state index in [9.17, 15) is 0 Å². The van der Waals surface area contributed by atoms with Gasteiger partial charge in [0, 0.05) is 0 Å². The van der Waals surface area contributed by atoms with Crippen LogP contribution in [0.2, 0.25) is 0 Å². The predicted molar refractivity (Wildman–Crippen MR) is 38.8 cm³/mol. The van der Waals surface area contributed by atoms with Gasteiger partial charge in [-0.1, -0.05) is 0 Å². The second-order valence-corrected chi connectivity index (χ2v) is 2.55. The van der Waals surface area contributed by atoms with E-state index in [-0.39, 0.29) is 0 Å². The van der Waals surface area contributed by atoms with Gasteiger partial charge in [0.05, 0.1) is 0 Å². The van der Waals surface area contributed by atoms with Gasteiger partial charge < -0.3 is 0 Å². The van der Waals surface area contributed by atoms with Crippen LogP contribution in [0.25, 0.3) is 6.20 Å². The van der Waals surface area contributed by atoms with Crippen LogP contribution in [-0.2, 0) is 7.05 Å². The first-order valence-electron chi connectivity index (χ1n) is 2.61. The van der Waals surface area contributed by atoms with Crippen molar-refractivity contribution in [1.82, 2.24) is 9.13 Å². The van der Waals surface area contributed by atoms with Crippen molar-refractivity contribution in [3.8, 4) is 0 Å². The van der Waals surface area contributed by atoms with E-state index in [2.05, 4.69) is 22.2 Å². The molecule has 0 atom stereocenters. The molecule has 48 valence electrons. The summed E-state index contributed by atoms with van der Waals surface area (Å²) < 4.78 is 4.96. The van der Waals surface area contributed by atoms with E-state index in [1.807, 2.05) is 28.6 Å². The third kappa shape index (κ3) is 1.07. The molecule has 0 saturated carbocycles. The first-order chi connectivity index (χ1) is 4.25. The molecule has 0 amide bonds. The maximum atomic E-state index is 3.63. The maximum absolute atomic E-state index is 3.63. The molecular weight excluding hydrogens is 179 g/mol. The van der Waals surface area contributed by atoms with Crippen molar-refractivity contribution in [3.63, 3.8) is 0 Å². The minimum absolute atomic E-state index is 1.06. The van der Waals surface area contributed by atoms with Gasteiger partial charge >= 0.3 is 61.3 Å². The summed E-state index contributed by atoms with van der Waals surface area (Å²) in [6.45, 7) is 3.63. The SMILES string of the molecule is C=Cn1ccn(C)c1=[Se]. The van der Waals surface area contributed by atoms with Crippen LogP contribution < -0.4 is 0 Å². The Balaban J connectivity index is 3.36. The van der Waals surface area contributed by atoms with Crippen molar-refractivity contribution in [2.75, 3.05) is 0 Å². The number of aromatic nitrogens is 2. The van der Waals surface area contributed by atoms with Crippen molar-refractivity contribution < 1.29 is 0 Å². The number of hydrogen-bond acceptors (Lipinski definition) is 0. The molecule has 0 radical (unpaired) electrons. The molecular formula is C6H8N2Se. The van der Waals surface area contributed by atoms with E-state index in [0.29, 0.717) is 0 Å². The fourth-order valence-corrected chi connectivity index (χ4v) is 1.03. The predicted octanol–water partition coefficient (Wildman–Crippen LogP) is 0.628. The molecule has 0 N–H and O–H groups in total. The normalized spacial score (nSPS) is 9.44. The van der Waals surface area contributed by atoms with E-state index >= 15 is 0 Å². The Morgan fingerprint density at radius 2 is 2.33 bits per heavy atom. The van der Waals surface area contributed by atoms with Gasteiger partial charge in [-0.05, 0) is 0 Å². The summed E-state index contributed by atoms with van der Waals surface area (Å²) in [6, 6.07) is 0. The first kappa shape index (κ1) is 6.59. The Hall–Kier alpha value is -0.531. The monoisotopic (exact) mass is 188 g/mol. The molecule has 0 saturated heterocycles. The molecule has 1 heterocycles. The molecule has 3 heteroatoms. The van der Waals surface area contributed by atoms with Gasteiger partial charge in [-0.2, -0.15) is 0 Å². The molecule has 0 bridgehead atoms.